The maximum absolute atomic E-state index is 12.3. The zero-order valence-corrected chi connectivity index (χ0v) is 15.0. The minimum Gasteiger partial charge on any atom is -0.379 e. The Morgan fingerprint density at radius 3 is 2.62 bits per heavy atom. The van der Waals surface area contributed by atoms with Crippen LogP contribution in [0.3, 0.4) is 0 Å². The van der Waals surface area contributed by atoms with Crippen LogP contribution in [0, 0.1) is 6.92 Å². The maximum atomic E-state index is 12.3. The van der Waals surface area contributed by atoms with Gasteiger partial charge in [-0.05, 0) is 48.6 Å². The van der Waals surface area contributed by atoms with E-state index < -0.39 is 6.04 Å². The van der Waals surface area contributed by atoms with E-state index in [2.05, 4.69) is 22.8 Å². The summed E-state index contributed by atoms with van der Waals surface area (Å²) in [5.74, 6) is 0.735. The number of aryl methyl sites for hydroxylation is 1. The molecule has 0 aromatic heterocycles. The van der Waals surface area contributed by atoms with E-state index in [0.717, 1.165) is 22.7 Å². The molecule has 1 atom stereocenters. The molecule has 1 unspecified atom stereocenters. The molecular weight excluding hydrogens is 318 g/mol. The molecule has 1 amide bonds. The van der Waals surface area contributed by atoms with E-state index in [1.54, 1.807) is 11.8 Å². The zero-order valence-electron chi connectivity index (χ0n) is 14.2. The number of hydrogen-bond acceptors (Lipinski definition) is 4. The Balaban J connectivity index is 2.05. The fourth-order valence-electron chi connectivity index (χ4n) is 2.31. The number of hydrogen-bond donors (Lipinski definition) is 3. The lowest BCUT2D eigenvalue weighted by atomic mass is 10.1. The molecule has 0 aliphatic heterocycles. The molecule has 0 radical (unpaired) electrons. The summed E-state index contributed by atoms with van der Waals surface area (Å²) >= 11 is 1.69. The standard InChI is InChI=1S/C19H25N3OS/c1-14-8-9-17(21-13-15-6-4-3-5-7-15)18(12-14)22-19(23)16(20)10-11-24-2/h3-9,12,16,21H,10-11,13,20H2,1-2H3,(H,22,23). The molecule has 0 aliphatic carbocycles. The van der Waals surface area contributed by atoms with Crippen molar-refractivity contribution < 1.29 is 4.79 Å². The predicted molar refractivity (Wildman–Crippen MR) is 105 cm³/mol. The maximum Gasteiger partial charge on any atom is 0.241 e. The number of rotatable bonds is 8. The van der Waals surface area contributed by atoms with Gasteiger partial charge in [0.15, 0.2) is 0 Å². The van der Waals surface area contributed by atoms with Gasteiger partial charge < -0.3 is 16.4 Å². The molecule has 0 aliphatic rings. The first-order valence-electron chi connectivity index (χ1n) is 8.04. The monoisotopic (exact) mass is 343 g/mol. The van der Waals surface area contributed by atoms with Gasteiger partial charge in [0.05, 0.1) is 17.4 Å². The van der Waals surface area contributed by atoms with Crippen molar-refractivity contribution in [1.82, 2.24) is 0 Å². The van der Waals surface area contributed by atoms with E-state index in [1.807, 2.05) is 49.6 Å². The normalized spacial score (nSPS) is 11.8. The van der Waals surface area contributed by atoms with Crippen LogP contribution in [0.5, 0.6) is 0 Å². The highest BCUT2D eigenvalue weighted by Gasteiger charge is 2.15. The summed E-state index contributed by atoms with van der Waals surface area (Å²) in [5.41, 5.74) is 9.91. The van der Waals surface area contributed by atoms with E-state index in [-0.39, 0.29) is 5.91 Å². The van der Waals surface area contributed by atoms with Crippen molar-refractivity contribution in [2.75, 3.05) is 22.6 Å². The molecule has 4 nitrogen and oxygen atoms in total. The van der Waals surface area contributed by atoms with Crippen molar-refractivity contribution >= 4 is 29.0 Å². The van der Waals surface area contributed by atoms with Crippen LogP contribution in [0.1, 0.15) is 17.5 Å². The molecule has 0 saturated heterocycles. The average molecular weight is 343 g/mol. The molecule has 2 aromatic rings. The van der Waals surface area contributed by atoms with Crippen molar-refractivity contribution in [2.24, 2.45) is 5.73 Å². The van der Waals surface area contributed by atoms with Crippen LogP contribution >= 0.6 is 11.8 Å². The van der Waals surface area contributed by atoms with Gasteiger partial charge >= 0.3 is 0 Å². The van der Waals surface area contributed by atoms with E-state index >= 15 is 0 Å². The van der Waals surface area contributed by atoms with Crippen molar-refractivity contribution in [3.05, 3.63) is 59.7 Å². The van der Waals surface area contributed by atoms with E-state index in [4.69, 9.17) is 5.73 Å². The molecule has 0 saturated carbocycles. The summed E-state index contributed by atoms with van der Waals surface area (Å²) in [6.07, 6.45) is 2.68. The van der Waals surface area contributed by atoms with Crippen molar-refractivity contribution in [2.45, 2.75) is 25.9 Å². The van der Waals surface area contributed by atoms with Gasteiger partial charge in [-0.25, -0.2) is 0 Å². The lowest BCUT2D eigenvalue weighted by molar-refractivity contribution is -0.117. The van der Waals surface area contributed by atoms with Crippen LogP contribution < -0.4 is 16.4 Å². The van der Waals surface area contributed by atoms with Crippen LogP contribution in [-0.4, -0.2) is 24.0 Å². The number of benzene rings is 2. The Labute approximate surface area is 148 Å². The second-order valence-electron chi connectivity index (χ2n) is 5.77. The molecule has 24 heavy (non-hydrogen) atoms. The third kappa shape index (κ3) is 5.58. The number of thioether (sulfide) groups is 1. The van der Waals surface area contributed by atoms with E-state index in [9.17, 15) is 4.79 Å². The van der Waals surface area contributed by atoms with E-state index in [1.165, 1.54) is 5.56 Å². The predicted octanol–water partition coefficient (Wildman–Crippen LogP) is 3.63. The molecule has 0 fully saturated rings. The summed E-state index contributed by atoms with van der Waals surface area (Å²) in [6, 6.07) is 15.6. The van der Waals surface area contributed by atoms with Gasteiger partial charge in [-0.3, -0.25) is 4.79 Å². The molecular formula is C19H25N3OS. The molecule has 0 spiro atoms. The summed E-state index contributed by atoms with van der Waals surface area (Å²) in [5, 5.41) is 6.35. The largest absolute Gasteiger partial charge is 0.379 e. The first-order valence-corrected chi connectivity index (χ1v) is 9.43. The summed E-state index contributed by atoms with van der Waals surface area (Å²) in [6.45, 7) is 2.70. The second kappa shape index (κ2) is 9.35. The van der Waals surface area contributed by atoms with Gasteiger partial charge in [-0.1, -0.05) is 36.4 Å². The summed E-state index contributed by atoms with van der Waals surface area (Å²) in [4.78, 5) is 12.3. The lowest BCUT2D eigenvalue weighted by Gasteiger charge is -2.16. The van der Waals surface area contributed by atoms with Gasteiger partial charge in [0.2, 0.25) is 5.91 Å². The van der Waals surface area contributed by atoms with Crippen molar-refractivity contribution in [3.8, 4) is 0 Å². The minimum absolute atomic E-state index is 0.141. The minimum atomic E-state index is -0.486. The molecule has 0 heterocycles. The van der Waals surface area contributed by atoms with Crippen LogP contribution in [0.2, 0.25) is 0 Å². The second-order valence-corrected chi connectivity index (χ2v) is 6.75. The average Bonchev–Trinajstić information content (AvgIpc) is 2.59. The Bertz CT molecular complexity index is 661. The van der Waals surface area contributed by atoms with Crippen LogP contribution in [0.4, 0.5) is 11.4 Å². The quantitative estimate of drug-likeness (QED) is 0.685. The number of carbonyl (C=O) groups is 1. The van der Waals surface area contributed by atoms with E-state index in [0.29, 0.717) is 13.0 Å². The van der Waals surface area contributed by atoms with Crippen molar-refractivity contribution in [1.29, 1.82) is 0 Å². The number of anilines is 2. The number of carbonyl (C=O) groups excluding carboxylic acids is 1. The van der Waals surface area contributed by atoms with Gasteiger partial charge in [-0.15, -0.1) is 0 Å². The third-order valence-corrected chi connectivity index (χ3v) is 4.37. The van der Waals surface area contributed by atoms with Gasteiger partial charge in [-0.2, -0.15) is 11.8 Å². The highest BCUT2D eigenvalue weighted by molar-refractivity contribution is 7.98. The molecule has 0 bridgehead atoms. The summed E-state index contributed by atoms with van der Waals surface area (Å²) < 4.78 is 0. The Kier molecular flexibility index (Phi) is 7.15. The number of nitrogens with one attached hydrogen (secondary N) is 2. The summed E-state index contributed by atoms with van der Waals surface area (Å²) in [7, 11) is 0. The number of nitrogens with two attached hydrogens (primary N) is 1. The van der Waals surface area contributed by atoms with Crippen LogP contribution in [0.15, 0.2) is 48.5 Å². The lowest BCUT2D eigenvalue weighted by Crippen LogP contribution is -2.36. The van der Waals surface area contributed by atoms with Gasteiger partial charge in [0.25, 0.3) is 0 Å². The first kappa shape index (κ1) is 18.4. The highest BCUT2D eigenvalue weighted by Crippen LogP contribution is 2.24. The van der Waals surface area contributed by atoms with Crippen molar-refractivity contribution in [3.63, 3.8) is 0 Å². The van der Waals surface area contributed by atoms with Gasteiger partial charge in [0, 0.05) is 6.54 Å². The van der Waals surface area contributed by atoms with Crippen LogP contribution in [-0.2, 0) is 11.3 Å². The third-order valence-electron chi connectivity index (χ3n) is 3.73. The SMILES string of the molecule is CSCCC(N)C(=O)Nc1cc(C)ccc1NCc1ccccc1. The molecule has 4 N–H and O–H groups in total. The Morgan fingerprint density at radius 2 is 1.92 bits per heavy atom. The fraction of sp³-hybridized carbons (Fsp3) is 0.316. The zero-order chi connectivity index (χ0) is 17.4. The molecule has 2 rings (SSSR count). The fourth-order valence-corrected chi connectivity index (χ4v) is 2.80. The molecule has 128 valence electrons. The number of amides is 1. The smallest absolute Gasteiger partial charge is 0.241 e. The first-order chi connectivity index (χ1) is 11.6. The Morgan fingerprint density at radius 1 is 1.17 bits per heavy atom. The topological polar surface area (TPSA) is 67.2 Å². The van der Waals surface area contributed by atoms with Crippen LogP contribution in [0.25, 0.3) is 0 Å². The molecule has 5 heteroatoms. The van der Waals surface area contributed by atoms with Gasteiger partial charge in [0.1, 0.15) is 0 Å². The Hall–Kier alpha value is -1.98. The highest BCUT2D eigenvalue weighted by atomic mass is 32.2. The molecule has 2 aromatic carbocycles.